The Morgan fingerprint density at radius 3 is 2.62 bits per heavy atom. The van der Waals surface area contributed by atoms with E-state index in [0.717, 1.165) is 36.9 Å². The van der Waals surface area contributed by atoms with E-state index in [4.69, 9.17) is 11.5 Å². The van der Waals surface area contributed by atoms with Gasteiger partial charge in [-0.1, -0.05) is 44.5 Å². The first kappa shape index (κ1) is 24.9. The van der Waals surface area contributed by atoms with Gasteiger partial charge < -0.3 is 21.8 Å². The Labute approximate surface area is 199 Å². The molecular formula is C26H32N6O2. The number of pyridine rings is 1. The Hall–Kier alpha value is -3.78. The Morgan fingerprint density at radius 2 is 1.97 bits per heavy atom. The Kier molecular flexibility index (Phi) is 8.32. The van der Waals surface area contributed by atoms with Gasteiger partial charge in [-0.15, -0.1) is 0 Å². The molecule has 8 heteroatoms. The summed E-state index contributed by atoms with van der Waals surface area (Å²) in [5.74, 6) is -0.270. The molecule has 1 aromatic carbocycles. The van der Waals surface area contributed by atoms with E-state index >= 15 is 0 Å². The van der Waals surface area contributed by atoms with Gasteiger partial charge in [-0.3, -0.25) is 9.59 Å². The summed E-state index contributed by atoms with van der Waals surface area (Å²) < 4.78 is 0. The Bertz CT molecular complexity index is 1230. The van der Waals surface area contributed by atoms with Gasteiger partial charge >= 0.3 is 0 Å². The summed E-state index contributed by atoms with van der Waals surface area (Å²) in [6, 6.07) is 9.44. The predicted molar refractivity (Wildman–Crippen MR) is 136 cm³/mol. The number of aromatic nitrogens is 3. The van der Waals surface area contributed by atoms with Crippen molar-refractivity contribution in [2.75, 3.05) is 12.8 Å². The molecule has 0 aliphatic heterocycles. The zero-order valence-corrected chi connectivity index (χ0v) is 19.9. The van der Waals surface area contributed by atoms with Gasteiger partial charge in [0.05, 0.1) is 11.9 Å². The molecule has 0 aliphatic rings. The van der Waals surface area contributed by atoms with Crippen molar-refractivity contribution in [1.29, 1.82) is 0 Å². The van der Waals surface area contributed by atoms with Crippen molar-refractivity contribution in [3.8, 4) is 11.3 Å². The highest BCUT2D eigenvalue weighted by Crippen LogP contribution is 2.26. The van der Waals surface area contributed by atoms with Gasteiger partial charge in [-0.25, -0.2) is 9.97 Å². The highest BCUT2D eigenvalue weighted by atomic mass is 16.1. The third-order valence-electron chi connectivity index (χ3n) is 5.79. The van der Waals surface area contributed by atoms with Crippen LogP contribution in [0.25, 0.3) is 17.0 Å². The van der Waals surface area contributed by atoms with Crippen molar-refractivity contribution in [1.82, 2.24) is 20.3 Å². The summed E-state index contributed by atoms with van der Waals surface area (Å²) in [6.07, 6.45) is 7.14. The predicted octanol–water partition coefficient (Wildman–Crippen LogP) is 3.61. The minimum atomic E-state index is -0.439. The molecular weight excluding hydrogens is 428 g/mol. The summed E-state index contributed by atoms with van der Waals surface area (Å²) in [5, 5.41) is 3.08. The number of rotatable bonds is 10. The fourth-order valence-corrected chi connectivity index (χ4v) is 3.91. The molecule has 1 unspecified atom stereocenters. The lowest BCUT2D eigenvalue weighted by molar-refractivity contribution is 0.104. The lowest BCUT2D eigenvalue weighted by atomic mass is 9.92. The summed E-state index contributed by atoms with van der Waals surface area (Å²) in [6.45, 7) is 4.91. The molecule has 0 saturated carbocycles. The highest BCUT2D eigenvalue weighted by molar-refractivity contribution is 6.09. The van der Waals surface area contributed by atoms with Crippen LogP contribution in [-0.2, 0) is 6.54 Å². The normalized spacial score (nSPS) is 12.5. The van der Waals surface area contributed by atoms with Crippen LogP contribution in [0.2, 0.25) is 0 Å². The summed E-state index contributed by atoms with van der Waals surface area (Å²) in [7, 11) is 1.88. The highest BCUT2D eigenvalue weighted by Gasteiger charge is 2.17. The maximum atomic E-state index is 13.0. The Balaban J connectivity index is 1.92. The fraction of sp³-hybridized carbons (Fsp3) is 0.308. The van der Waals surface area contributed by atoms with Gasteiger partial charge in [0, 0.05) is 35.6 Å². The molecule has 6 N–H and O–H groups in total. The second-order valence-corrected chi connectivity index (χ2v) is 8.25. The molecule has 0 aliphatic carbocycles. The number of carbonyl (C=O) groups excluding carboxylic acids is 1. The lowest BCUT2D eigenvalue weighted by Gasteiger charge is -2.14. The van der Waals surface area contributed by atoms with Crippen LogP contribution < -0.4 is 22.3 Å². The molecule has 0 bridgehead atoms. The third kappa shape index (κ3) is 5.77. The number of nitrogens with zero attached hydrogens (tertiary/aromatic N) is 2. The van der Waals surface area contributed by atoms with Crippen molar-refractivity contribution in [3.05, 3.63) is 81.5 Å². The Morgan fingerprint density at radius 1 is 1.24 bits per heavy atom. The number of nitrogens with two attached hydrogens (primary N) is 2. The molecule has 1 atom stereocenters. The van der Waals surface area contributed by atoms with Crippen molar-refractivity contribution in [2.45, 2.75) is 45.6 Å². The first-order valence-electron chi connectivity index (χ1n) is 11.5. The standard InChI is InChI=1S/C26H32N6O2/c1-4-6-17(5-2)20-11-19(14-31-26(20)34)22-15-30-25(28)24(32-22)23(33)12-21(27)18-9-7-16(8-10-18)13-29-3/h7-12,14-15,17,29H,4-6,13,27H2,1-3H3,(H2,28,30)(H,31,34)/b21-12-. The second kappa shape index (κ2) is 11.4. The fourth-order valence-electron chi connectivity index (χ4n) is 3.91. The van der Waals surface area contributed by atoms with E-state index in [0.29, 0.717) is 22.5 Å². The molecule has 0 fully saturated rings. The van der Waals surface area contributed by atoms with Crippen LogP contribution in [0.1, 0.15) is 66.2 Å². The van der Waals surface area contributed by atoms with Gasteiger partial charge in [0.1, 0.15) is 0 Å². The third-order valence-corrected chi connectivity index (χ3v) is 5.79. The SMILES string of the molecule is CCCC(CC)c1cc(-c2cnc(N)c(C(=O)/C=C(\N)c3ccc(CNC)cc3)n2)c[nH]c1=O. The average Bonchev–Trinajstić information content (AvgIpc) is 2.84. The number of hydrogen-bond donors (Lipinski definition) is 4. The molecule has 0 radical (unpaired) electrons. The van der Waals surface area contributed by atoms with Crippen LogP contribution in [0.5, 0.6) is 0 Å². The number of nitrogens with one attached hydrogen (secondary N) is 2. The number of nitrogen functional groups attached to an aromatic ring is 1. The topological polar surface area (TPSA) is 140 Å². The van der Waals surface area contributed by atoms with E-state index in [9.17, 15) is 9.59 Å². The number of aromatic amines is 1. The first-order valence-corrected chi connectivity index (χ1v) is 11.5. The quantitative estimate of drug-likeness (QED) is 0.268. The number of allylic oxidation sites excluding steroid dienone is 1. The van der Waals surface area contributed by atoms with Crippen LogP contribution in [0, 0.1) is 0 Å². The summed E-state index contributed by atoms with van der Waals surface area (Å²) >= 11 is 0. The minimum absolute atomic E-state index is 0.0144. The average molecular weight is 461 g/mol. The van der Waals surface area contributed by atoms with E-state index < -0.39 is 5.78 Å². The van der Waals surface area contributed by atoms with Crippen molar-refractivity contribution in [2.24, 2.45) is 5.73 Å². The molecule has 3 rings (SSSR count). The van der Waals surface area contributed by atoms with Gasteiger partial charge in [0.15, 0.2) is 11.5 Å². The molecule has 2 heterocycles. The van der Waals surface area contributed by atoms with E-state index in [1.807, 2.05) is 37.4 Å². The van der Waals surface area contributed by atoms with Crippen molar-refractivity contribution in [3.63, 3.8) is 0 Å². The van der Waals surface area contributed by atoms with Crippen LogP contribution >= 0.6 is 0 Å². The van der Waals surface area contributed by atoms with Crippen molar-refractivity contribution < 1.29 is 4.79 Å². The molecule has 0 saturated heterocycles. The zero-order chi connectivity index (χ0) is 24.7. The number of anilines is 1. The summed E-state index contributed by atoms with van der Waals surface area (Å²) in [4.78, 5) is 36.8. The maximum absolute atomic E-state index is 13.0. The van der Waals surface area contributed by atoms with Gasteiger partial charge in [0.2, 0.25) is 5.78 Å². The number of H-pyrrole nitrogens is 1. The van der Waals surface area contributed by atoms with Gasteiger partial charge in [-0.05, 0) is 43.0 Å². The van der Waals surface area contributed by atoms with Crippen LogP contribution in [0.3, 0.4) is 0 Å². The lowest BCUT2D eigenvalue weighted by Crippen LogP contribution is -2.16. The van der Waals surface area contributed by atoms with Crippen LogP contribution in [0.15, 0.2) is 53.6 Å². The zero-order valence-electron chi connectivity index (χ0n) is 19.9. The van der Waals surface area contributed by atoms with E-state index in [-0.39, 0.29) is 23.0 Å². The first-order chi connectivity index (χ1) is 16.4. The van der Waals surface area contributed by atoms with E-state index in [2.05, 4.69) is 34.1 Å². The van der Waals surface area contributed by atoms with E-state index in [1.165, 1.54) is 12.3 Å². The molecule has 8 nitrogen and oxygen atoms in total. The van der Waals surface area contributed by atoms with E-state index in [1.54, 1.807) is 6.20 Å². The smallest absolute Gasteiger partial charge is 0.251 e. The molecule has 34 heavy (non-hydrogen) atoms. The monoisotopic (exact) mass is 460 g/mol. The largest absolute Gasteiger partial charge is 0.398 e. The number of ketones is 1. The maximum Gasteiger partial charge on any atom is 0.251 e. The number of carbonyl (C=O) groups is 1. The number of benzene rings is 1. The molecule has 3 aromatic rings. The van der Waals surface area contributed by atoms with Crippen LogP contribution in [0.4, 0.5) is 5.82 Å². The van der Waals surface area contributed by atoms with Crippen molar-refractivity contribution >= 4 is 17.3 Å². The molecule has 178 valence electrons. The number of hydrogen-bond acceptors (Lipinski definition) is 7. The minimum Gasteiger partial charge on any atom is -0.398 e. The molecule has 0 amide bonds. The molecule has 2 aromatic heterocycles. The molecule has 0 spiro atoms. The van der Waals surface area contributed by atoms with Gasteiger partial charge in [-0.2, -0.15) is 0 Å². The second-order valence-electron chi connectivity index (χ2n) is 8.25. The summed E-state index contributed by atoms with van der Waals surface area (Å²) in [5.41, 5.74) is 16.0. The van der Waals surface area contributed by atoms with Crippen LogP contribution in [-0.4, -0.2) is 27.8 Å². The van der Waals surface area contributed by atoms with Gasteiger partial charge in [0.25, 0.3) is 5.56 Å².